The molecule has 1 rings (SSSR count). The highest BCUT2D eigenvalue weighted by atomic mass is 79.9. The van der Waals surface area contributed by atoms with Crippen LogP contribution in [0, 0.1) is 0 Å². The van der Waals surface area contributed by atoms with E-state index in [0.29, 0.717) is 5.69 Å². The normalized spacial score (nSPS) is 11.3. The number of hydrogen-bond acceptors (Lipinski definition) is 3. The standard InChI is InChI=1S/C8H12BrN3O2S/c9-7-2-1-3-8(6-7)12-15(13,14)11-5-4-10/h1-3,6,11-12H,4-5,10H2. The van der Waals surface area contributed by atoms with Crippen LogP contribution >= 0.6 is 15.9 Å². The summed E-state index contributed by atoms with van der Waals surface area (Å²) in [5, 5.41) is 0. The van der Waals surface area contributed by atoms with Crippen molar-refractivity contribution in [3.8, 4) is 0 Å². The Morgan fingerprint density at radius 3 is 2.73 bits per heavy atom. The number of nitrogens with one attached hydrogen (secondary N) is 2. The van der Waals surface area contributed by atoms with Gasteiger partial charge in [-0.1, -0.05) is 22.0 Å². The van der Waals surface area contributed by atoms with Gasteiger partial charge in [0.2, 0.25) is 0 Å². The summed E-state index contributed by atoms with van der Waals surface area (Å²) >= 11 is 3.25. The van der Waals surface area contributed by atoms with Crippen molar-refractivity contribution in [3.05, 3.63) is 28.7 Å². The molecule has 0 unspecified atom stereocenters. The van der Waals surface area contributed by atoms with Crippen LogP contribution in [-0.4, -0.2) is 21.5 Å². The molecule has 5 nitrogen and oxygen atoms in total. The van der Waals surface area contributed by atoms with Crippen LogP contribution in [0.2, 0.25) is 0 Å². The zero-order valence-electron chi connectivity index (χ0n) is 7.90. The summed E-state index contributed by atoms with van der Waals surface area (Å²) in [7, 11) is -3.51. The Labute approximate surface area is 97.4 Å². The number of anilines is 1. The van der Waals surface area contributed by atoms with Gasteiger partial charge in [0.05, 0.1) is 5.69 Å². The van der Waals surface area contributed by atoms with Crippen molar-refractivity contribution in [2.24, 2.45) is 5.73 Å². The fraction of sp³-hybridized carbons (Fsp3) is 0.250. The van der Waals surface area contributed by atoms with Gasteiger partial charge in [0.15, 0.2) is 0 Å². The molecule has 15 heavy (non-hydrogen) atoms. The molecule has 0 fully saturated rings. The van der Waals surface area contributed by atoms with Crippen molar-refractivity contribution in [1.29, 1.82) is 0 Å². The van der Waals surface area contributed by atoms with E-state index < -0.39 is 10.2 Å². The molecule has 0 aliphatic carbocycles. The summed E-state index contributed by atoms with van der Waals surface area (Å²) in [6.45, 7) is 0.475. The monoisotopic (exact) mass is 293 g/mol. The van der Waals surface area contributed by atoms with Gasteiger partial charge in [-0.2, -0.15) is 13.1 Å². The lowest BCUT2D eigenvalue weighted by Crippen LogP contribution is -2.33. The molecule has 0 aromatic heterocycles. The summed E-state index contributed by atoms with van der Waals surface area (Å²) in [6.07, 6.45) is 0. The van der Waals surface area contributed by atoms with E-state index in [9.17, 15) is 8.42 Å². The van der Waals surface area contributed by atoms with Gasteiger partial charge in [-0.15, -0.1) is 0 Å². The predicted octanol–water partition coefficient (Wildman–Crippen LogP) is 0.654. The Kier molecular flexibility index (Phi) is 4.52. The fourth-order valence-corrected chi connectivity index (χ4v) is 2.23. The highest BCUT2D eigenvalue weighted by molar-refractivity contribution is 9.10. The highest BCUT2D eigenvalue weighted by Gasteiger charge is 2.07. The highest BCUT2D eigenvalue weighted by Crippen LogP contribution is 2.16. The van der Waals surface area contributed by atoms with Crippen molar-refractivity contribution in [2.45, 2.75) is 0 Å². The van der Waals surface area contributed by atoms with Gasteiger partial charge in [-0.25, -0.2) is 0 Å². The smallest absolute Gasteiger partial charge is 0.299 e. The lowest BCUT2D eigenvalue weighted by atomic mass is 10.3. The van der Waals surface area contributed by atoms with Crippen molar-refractivity contribution in [1.82, 2.24) is 4.72 Å². The summed E-state index contributed by atoms with van der Waals surface area (Å²) in [5.41, 5.74) is 5.69. The maximum atomic E-state index is 11.4. The van der Waals surface area contributed by atoms with Gasteiger partial charge >= 0.3 is 0 Å². The van der Waals surface area contributed by atoms with Crippen molar-refractivity contribution >= 4 is 31.8 Å². The first-order valence-electron chi connectivity index (χ1n) is 4.26. The van der Waals surface area contributed by atoms with Crippen LogP contribution in [0.15, 0.2) is 28.7 Å². The molecule has 0 saturated carbocycles. The Morgan fingerprint density at radius 1 is 1.40 bits per heavy atom. The molecule has 0 aliphatic heterocycles. The molecule has 0 aliphatic rings. The van der Waals surface area contributed by atoms with Crippen LogP contribution in [-0.2, 0) is 10.2 Å². The van der Waals surface area contributed by atoms with E-state index >= 15 is 0 Å². The molecule has 0 atom stereocenters. The minimum absolute atomic E-state index is 0.212. The molecule has 1 aromatic carbocycles. The lowest BCUT2D eigenvalue weighted by Gasteiger charge is -2.08. The molecule has 0 amide bonds. The minimum atomic E-state index is -3.51. The predicted molar refractivity (Wildman–Crippen MR) is 63.7 cm³/mol. The molecular weight excluding hydrogens is 282 g/mol. The van der Waals surface area contributed by atoms with Gasteiger partial charge in [0.25, 0.3) is 10.2 Å². The summed E-state index contributed by atoms with van der Waals surface area (Å²) in [5.74, 6) is 0. The molecule has 7 heteroatoms. The third kappa shape index (κ3) is 4.61. The molecule has 4 N–H and O–H groups in total. The third-order valence-electron chi connectivity index (χ3n) is 1.51. The van der Waals surface area contributed by atoms with Crippen LogP contribution in [0.1, 0.15) is 0 Å². The number of rotatable bonds is 5. The first-order valence-corrected chi connectivity index (χ1v) is 6.54. The average molecular weight is 294 g/mol. The van der Waals surface area contributed by atoms with Crippen molar-refractivity contribution < 1.29 is 8.42 Å². The molecule has 84 valence electrons. The Bertz CT molecular complexity index is 422. The fourth-order valence-electron chi connectivity index (χ4n) is 0.936. The molecule has 0 saturated heterocycles. The molecular formula is C8H12BrN3O2S. The van der Waals surface area contributed by atoms with E-state index in [-0.39, 0.29) is 13.1 Å². The van der Waals surface area contributed by atoms with Gasteiger partial charge in [0, 0.05) is 17.6 Å². The largest absolute Gasteiger partial charge is 0.329 e. The topological polar surface area (TPSA) is 84.2 Å². The van der Waals surface area contributed by atoms with E-state index in [4.69, 9.17) is 5.73 Å². The summed E-state index contributed by atoms with van der Waals surface area (Å²) in [4.78, 5) is 0. The van der Waals surface area contributed by atoms with Gasteiger partial charge in [-0.3, -0.25) is 4.72 Å². The zero-order chi connectivity index (χ0) is 11.3. The van der Waals surface area contributed by atoms with Crippen LogP contribution in [0.4, 0.5) is 5.69 Å². The van der Waals surface area contributed by atoms with Crippen molar-refractivity contribution in [3.63, 3.8) is 0 Å². The Hall–Kier alpha value is -0.630. The molecule has 0 spiro atoms. The maximum absolute atomic E-state index is 11.4. The lowest BCUT2D eigenvalue weighted by molar-refractivity contribution is 0.587. The van der Waals surface area contributed by atoms with Gasteiger partial charge < -0.3 is 5.73 Å². The van der Waals surface area contributed by atoms with Crippen LogP contribution in [0.25, 0.3) is 0 Å². The second-order valence-electron chi connectivity index (χ2n) is 2.80. The third-order valence-corrected chi connectivity index (χ3v) is 3.10. The summed E-state index contributed by atoms with van der Waals surface area (Å²) in [6, 6.07) is 6.88. The summed E-state index contributed by atoms with van der Waals surface area (Å²) < 4.78 is 28.2. The average Bonchev–Trinajstić information content (AvgIpc) is 2.14. The second-order valence-corrected chi connectivity index (χ2v) is 5.21. The number of halogens is 1. The number of hydrogen-bond donors (Lipinski definition) is 3. The van der Waals surface area contributed by atoms with Crippen LogP contribution < -0.4 is 15.2 Å². The molecule has 0 radical (unpaired) electrons. The quantitative estimate of drug-likeness (QED) is 0.745. The van der Waals surface area contributed by atoms with E-state index in [2.05, 4.69) is 25.4 Å². The second kappa shape index (κ2) is 5.45. The zero-order valence-corrected chi connectivity index (χ0v) is 10.3. The first-order chi connectivity index (χ1) is 7.03. The number of benzene rings is 1. The van der Waals surface area contributed by atoms with E-state index in [1.54, 1.807) is 18.2 Å². The molecule has 1 aromatic rings. The van der Waals surface area contributed by atoms with Gasteiger partial charge in [-0.05, 0) is 18.2 Å². The van der Waals surface area contributed by atoms with Crippen molar-refractivity contribution in [2.75, 3.05) is 17.8 Å². The first kappa shape index (κ1) is 12.4. The van der Waals surface area contributed by atoms with Gasteiger partial charge in [0.1, 0.15) is 0 Å². The molecule has 0 bridgehead atoms. The Morgan fingerprint density at radius 2 is 2.13 bits per heavy atom. The Balaban J connectivity index is 2.69. The van der Waals surface area contributed by atoms with Crippen LogP contribution in [0.5, 0.6) is 0 Å². The van der Waals surface area contributed by atoms with E-state index in [1.165, 1.54) is 0 Å². The minimum Gasteiger partial charge on any atom is -0.329 e. The molecule has 0 heterocycles. The van der Waals surface area contributed by atoms with E-state index in [0.717, 1.165) is 4.47 Å². The van der Waals surface area contributed by atoms with Crippen LogP contribution in [0.3, 0.4) is 0 Å². The number of nitrogens with two attached hydrogens (primary N) is 1. The maximum Gasteiger partial charge on any atom is 0.299 e. The SMILES string of the molecule is NCCNS(=O)(=O)Nc1cccc(Br)c1. The van der Waals surface area contributed by atoms with E-state index in [1.807, 2.05) is 6.07 Å².